The monoisotopic (exact) mass is 356 g/mol. The first-order valence-electron chi connectivity index (χ1n) is 8.78. The van der Waals surface area contributed by atoms with Crippen LogP contribution in [-0.4, -0.2) is 31.7 Å². The highest BCUT2D eigenvalue weighted by molar-refractivity contribution is 5.94. The number of fused-ring (bicyclic) bond motifs is 1. The van der Waals surface area contributed by atoms with Gasteiger partial charge in [-0.3, -0.25) is 4.79 Å². The van der Waals surface area contributed by atoms with E-state index in [-0.39, 0.29) is 24.4 Å². The number of rotatable bonds is 9. The van der Waals surface area contributed by atoms with E-state index in [1.807, 2.05) is 18.2 Å². The van der Waals surface area contributed by atoms with Crippen LogP contribution in [0.4, 0.5) is 5.69 Å². The number of benzene rings is 1. The van der Waals surface area contributed by atoms with Crippen LogP contribution in [0.3, 0.4) is 0 Å². The summed E-state index contributed by atoms with van der Waals surface area (Å²) in [6, 6.07) is 5.55. The van der Waals surface area contributed by atoms with Crippen molar-refractivity contribution in [3.05, 3.63) is 18.2 Å². The van der Waals surface area contributed by atoms with Crippen molar-refractivity contribution in [1.82, 2.24) is 0 Å². The molecule has 6 heteroatoms. The van der Waals surface area contributed by atoms with E-state index in [2.05, 4.69) is 24.5 Å². The maximum atomic E-state index is 12.6. The molecule has 1 unspecified atom stereocenters. The van der Waals surface area contributed by atoms with E-state index in [1.54, 1.807) is 0 Å². The van der Waals surface area contributed by atoms with Crippen LogP contribution in [-0.2, 0) is 4.79 Å². The molecule has 0 aromatic heterocycles. The molecule has 1 aromatic rings. The number of nitrogens with one attached hydrogen (secondary N) is 1. The van der Waals surface area contributed by atoms with Crippen LogP contribution >= 0.6 is 0 Å². The molecule has 1 aliphatic heterocycles. The summed E-state index contributed by atoms with van der Waals surface area (Å²) in [4.78, 5) is 12.6. The van der Waals surface area contributed by atoms with Crippen LogP contribution in [0.15, 0.2) is 18.2 Å². The van der Waals surface area contributed by atoms with Gasteiger partial charge in [0.2, 0.25) is 0 Å². The molecule has 1 amide bonds. The molecule has 2 rings (SSSR count). The smallest absolute Gasteiger partial charge is 0.282 e. The van der Waals surface area contributed by atoms with E-state index in [4.69, 9.17) is 9.47 Å². The lowest BCUT2D eigenvalue weighted by atomic mass is 10.1. The number of anilines is 1. The number of nitrogens with two attached hydrogens (primary N) is 1. The lowest BCUT2D eigenvalue weighted by Gasteiger charge is -2.20. The molecule has 24 heavy (non-hydrogen) atoms. The van der Waals surface area contributed by atoms with E-state index in [0.29, 0.717) is 19.0 Å². The maximum Gasteiger partial charge on any atom is 0.282 e. The zero-order chi connectivity index (χ0) is 16.5. The van der Waals surface area contributed by atoms with Crippen molar-refractivity contribution in [3.8, 4) is 11.5 Å². The third kappa shape index (κ3) is 6.21. The Morgan fingerprint density at radius 2 is 1.88 bits per heavy atom. The number of carbonyl (C=O) groups excluding carboxylic acids is 1. The number of halogens is 1. The molecule has 0 bridgehead atoms. The van der Waals surface area contributed by atoms with Gasteiger partial charge in [-0.05, 0) is 25.0 Å². The van der Waals surface area contributed by atoms with Gasteiger partial charge >= 0.3 is 0 Å². The van der Waals surface area contributed by atoms with Gasteiger partial charge in [0.15, 0.2) is 17.5 Å². The Kier molecular flexibility index (Phi) is 9.57. The fraction of sp³-hybridized carbons (Fsp3) is 0.611. The van der Waals surface area contributed by atoms with Crippen molar-refractivity contribution in [3.63, 3.8) is 0 Å². The van der Waals surface area contributed by atoms with E-state index < -0.39 is 0 Å². The molecule has 0 aliphatic carbocycles. The highest BCUT2D eigenvalue weighted by Crippen LogP contribution is 2.32. The number of carbonyl (C=O) groups is 1. The van der Waals surface area contributed by atoms with E-state index in [9.17, 15) is 4.79 Å². The number of hydrogen-bond acceptors (Lipinski definition) is 3. The van der Waals surface area contributed by atoms with Crippen LogP contribution in [0.5, 0.6) is 11.5 Å². The summed E-state index contributed by atoms with van der Waals surface area (Å²) in [6.07, 6.45) is 5.38. The minimum Gasteiger partial charge on any atom is -1.00 e. The fourth-order valence-electron chi connectivity index (χ4n) is 2.66. The van der Waals surface area contributed by atoms with E-state index >= 15 is 0 Å². The van der Waals surface area contributed by atoms with Crippen molar-refractivity contribution < 1.29 is 32.0 Å². The molecule has 0 saturated heterocycles. The molecule has 5 nitrogen and oxygen atoms in total. The summed E-state index contributed by atoms with van der Waals surface area (Å²) in [5, 5.41) is 5.20. The number of ether oxygens (including phenoxy) is 2. The molecular weight excluding hydrogens is 328 g/mol. The van der Waals surface area contributed by atoms with Crippen molar-refractivity contribution in [2.24, 2.45) is 0 Å². The van der Waals surface area contributed by atoms with E-state index in [0.717, 1.165) is 50.1 Å². The molecule has 0 saturated carbocycles. The highest BCUT2D eigenvalue weighted by atomic mass is 35.5. The first-order valence-corrected chi connectivity index (χ1v) is 8.78. The third-order valence-corrected chi connectivity index (χ3v) is 4.02. The Hall–Kier alpha value is -1.46. The lowest BCUT2D eigenvalue weighted by Crippen LogP contribution is -3.00. The summed E-state index contributed by atoms with van der Waals surface area (Å²) in [5.41, 5.74) is 0.768. The summed E-state index contributed by atoms with van der Waals surface area (Å²) in [5.74, 6) is 1.52. The van der Waals surface area contributed by atoms with Crippen LogP contribution in [0, 0.1) is 0 Å². The fourth-order valence-corrected chi connectivity index (χ4v) is 2.66. The predicted molar refractivity (Wildman–Crippen MR) is 91.1 cm³/mol. The van der Waals surface area contributed by atoms with Gasteiger partial charge in [-0.1, -0.05) is 26.7 Å². The number of amides is 1. The minimum atomic E-state index is -0.0188. The van der Waals surface area contributed by atoms with E-state index in [1.165, 1.54) is 0 Å². The van der Waals surface area contributed by atoms with Crippen molar-refractivity contribution >= 4 is 11.6 Å². The normalized spacial score (nSPS) is 13.8. The average molecular weight is 357 g/mol. The second-order valence-corrected chi connectivity index (χ2v) is 5.97. The summed E-state index contributed by atoms with van der Waals surface area (Å²) < 4.78 is 11.1. The predicted octanol–water partition coefficient (Wildman–Crippen LogP) is -0.677. The molecule has 1 aromatic carbocycles. The molecular formula is C18H29ClN2O3. The Labute approximate surface area is 150 Å². The number of hydrogen-bond donors (Lipinski definition) is 2. The molecule has 0 spiro atoms. The Morgan fingerprint density at radius 3 is 2.58 bits per heavy atom. The second-order valence-electron chi connectivity index (χ2n) is 5.97. The number of quaternary nitrogens is 1. The van der Waals surface area contributed by atoms with Gasteiger partial charge in [0.25, 0.3) is 5.91 Å². The maximum absolute atomic E-state index is 12.6. The Balaban J connectivity index is 0.00000288. The van der Waals surface area contributed by atoms with Gasteiger partial charge in [0.05, 0.1) is 6.54 Å². The molecule has 136 valence electrons. The van der Waals surface area contributed by atoms with Crippen molar-refractivity contribution in [2.45, 2.75) is 52.0 Å². The minimum absolute atomic E-state index is 0. The van der Waals surface area contributed by atoms with Crippen molar-refractivity contribution in [1.29, 1.82) is 0 Å². The van der Waals surface area contributed by atoms with Gasteiger partial charge < -0.3 is 32.5 Å². The largest absolute Gasteiger partial charge is 1.00 e. The topological polar surface area (TPSA) is 64.2 Å². The molecule has 0 fully saturated rings. The average Bonchev–Trinajstić information content (AvgIpc) is 2.57. The molecule has 1 heterocycles. The zero-order valence-corrected chi connectivity index (χ0v) is 15.4. The van der Waals surface area contributed by atoms with Gasteiger partial charge in [0.1, 0.15) is 13.2 Å². The summed E-state index contributed by atoms with van der Waals surface area (Å²) >= 11 is 0. The first-order chi connectivity index (χ1) is 11.2. The first kappa shape index (κ1) is 20.6. The lowest BCUT2D eigenvalue weighted by molar-refractivity contribution is -0.677. The van der Waals surface area contributed by atoms with Gasteiger partial charge in [-0.15, -0.1) is 0 Å². The van der Waals surface area contributed by atoms with Crippen LogP contribution in [0.2, 0.25) is 0 Å². The SMILES string of the molecule is CCCC[NH2+]C(CCCC)C(=O)Nc1ccc2c(c1)OCCO2.[Cl-]. The van der Waals surface area contributed by atoms with Crippen LogP contribution in [0.25, 0.3) is 0 Å². The van der Waals surface area contributed by atoms with Crippen LogP contribution in [0.1, 0.15) is 46.0 Å². The molecule has 3 N–H and O–H groups in total. The quantitative estimate of drug-likeness (QED) is 0.576. The summed E-state index contributed by atoms with van der Waals surface area (Å²) in [7, 11) is 0. The van der Waals surface area contributed by atoms with Gasteiger partial charge in [-0.2, -0.15) is 0 Å². The summed E-state index contributed by atoms with van der Waals surface area (Å²) in [6.45, 7) is 6.45. The Bertz CT molecular complexity index is 511. The molecule has 0 radical (unpaired) electrons. The molecule has 1 aliphatic rings. The van der Waals surface area contributed by atoms with Gasteiger partial charge in [0, 0.05) is 18.2 Å². The highest BCUT2D eigenvalue weighted by Gasteiger charge is 2.21. The Morgan fingerprint density at radius 1 is 1.17 bits per heavy atom. The van der Waals surface area contributed by atoms with Crippen molar-refractivity contribution in [2.75, 3.05) is 25.1 Å². The third-order valence-electron chi connectivity index (χ3n) is 4.02. The van der Waals surface area contributed by atoms with Crippen LogP contribution < -0.4 is 32.5 Å². The second kappa shape index (κ2) is 11.2. The standard InChI is InChI=1S/C18H28N2O3.ClH/c1-3-5-7-15(19-10-6-4-2)18(21)20-14-8-9-16-17(13-14)23-12-11-22-16;/h8-9,13,15,19H,3-7,10-12H2,1-2H3,(H,20,21);1H. The zero-order valence-electron chi connectivity index (χ0n) is 14.6. The van der Waals surface area contributed by atoms with Gasteiger partial charge in [-0.25, -0.2) is 0 Å². The molecule has 1 atom stereocenters. The number of unbranched alkanes of at least 4 members (excludes halogenated alkanes) is 2.